The molecule has 0 saturated heterocycles. The van der Waals surface area contributed by atoms with Gasteiger partial charge in [-0.2, -0.15) is 0 Å². The standard InChI is InChI=1S/C25H45NO6/c1-2-3-4-5-6-7-8-9-10-11-12-13-14-15-19-26(20-16-23(27)28,21-17-24(29)30)22-18-25(31)32/h5-6H,2-4,7-22H2,1H3,(H2-,27,28,29,30,31,32)/b6-5+. The lowest BCUT2D eigenvalue weighted by molar-refractivity contribution is -0.927. The van der Waals surface area contributed by atoms with E-state index in [1.54, 1.807) is 0 Å². The third kappa shape index (κ3) is 18.8. The fraction of sp³-hybridized carbons (Fsp3) is 0.800. The van der Waals surface area contributed by atoms with E-state index in [9.17, 15) is 19.5 Å². The summed E-state index contributed by atoms with van der Waals surface area (Å²) in [6.07, 6.45) is 18.1. The predicted octanol–water partition coefficient (Wildman–Crippen LogP) is 4.15. The van der Waals surface area contributed by atoms with E-state index in [1.165, 1.54) is 51.4 Å². The van der Waals surface area contributed by atoms with Crippen LogP contribution in [0.1, 0.15) is 103 Å². The first-order chi connectivity index (χ1) is 15.3. The Morgan fingerprint density at radius 3 is 1.56 bits per heavy atom. The van der Waals surface area contributed by atoms with Crippen molar-refractivity contribution in [3.8, 4) is 0 Å². The normalized spacial score (nSPS) is 11.8. The number of hydrogen-bond acceptors (Lipinski definition) is 4. The van der Waals surface area contributed by atoms with Crippen molar-refractivity contribution in [2.75, 3.05) is 26.2 Å². The zero-order valence-electron chi connectivity index (χ0n) is 20.1. The van der Waals surface area contributed by atoms with Gasteiger partial charge in [-0.1, -0.05) is 64.0 Å². The second kappa shape index (κ2) is 19.8. The number of quaternary nitrogens is 1. The molecule has 0 atom stereocenters. The van der Waals surface area contributed by atoms with Gasteiger partial charge in [-0.3, -0.25) is 9.59 Å². The lowest BCUT2D eigenvalue weighted by Gasteiger charge is -2.38. The lowest BCUT2D eigenvalue weighted by atomic mass is 10.1. The summed E-state index contributed by atoms with van der Waals surface area (Å²) >= 11 is 0. The van der Waals surface area contributed by atoms with Crippen molar-refractivity contribution in [1.82, 2.24) is 0 Å². The van der Waals surface area contributed by atoms with E-state index in [1.807, 2.05) is 0 Å². The Morgan fingerprint density at radius 2 is 1.09 bits per heavy atom. The summed E-state index contributed by atoms with van der Waals surface area (Å²) in [5, 5.41) is 29.1. The van der Waals surface area contributed by atoms with Crippen LogP contribution in [-0.4, -0.2) is 58.8 Å². The molecule has 32 heavy (non-hydrogen) atoms. The number of allylic oxidation sites excluding steroid dienone is 2. The number of carbonyl (C=O) groups is 3. The number of nitrogens with zero attached hydrogens (tertiary/aromatic N) is 1. The number of carboxylic acid groups (broad SMARTS) is 3. The van der Waals surface area contributed by atoms with Crippen molar-refractivity contribution in [2.45, 2.75) is 103 Å². The Morgan fingerprint density at radius 1 is 0.656 bits per heavy atom. The fourth-order valence-corrected chi connectivity index (χ4v) is 3.99. The molecule has 0 bridgehead atoms. The zero-order chi connectivity index (χ0) is 24.1. The summed E-state index contributed by atoms with van der Waals surface area (Å²) < 4.78 is 0.221. The summed E-state index contributed by atoms with van der Waals surface area (Å²) in [6.45, 7) is 3.54. The van der Waals surface area contributed by atoms with E-state index >= 15 is 0 Å². The van der Waals surface area contributed by atoms with Crippen LogP contribution in [0.4, 0.5) is 0 Å². The van der Waals surface area contributed by atoms with Crippen LogP contribution >= 0.6 is 0 Å². The Kier molecular flexibility index (Phi) is 18.6. The molecule has 0 unspecified atom stereocenters. The molecule has 0 aliphatic rings. The molecule has 0 spiro atoms. The maximum atomic E-state index is 11.1. The Labute approximate surface area is 194 Å². The molecule has 0 aromatic carbocycles. The molecule has 0 heterocycles. The molecule has 7 heteroatoms. The first-order valence-corrected chi connectivity index (χ1v) is 12.4. The smallest absolute Gasteiger partial charge is 0.309 e. The largest absolute Gasteiger partial charge is 0.550 e. The van der Waals surface area contributed by atoms with Crippen LogP contribution in [0, 0.1) is 0 Å². The van der Waals surface area contributed by atoms with Crippen molar-refractivity contribution in [2.24, 2.45) is 0 Å². The molecule has 0 rings (SSSR count). The summed E-state index contributed by atoms with van der Waals surface area (Å²) in [5.41, 5.74) is 0. The van der Waals surface area contributed by atoms with Crippen LogP contribution in [0.25, 0.3) is 0 Å². The van der Waals surface area contributed by atoms with E-state index in [-0.39, 0.29) is 43.4 Å². The second-order valence-corrected chi connectivity index (χ2v) is 8.88. The first kappa shape index (κ1) is 30.1. The van der Waals surface area contributed by atoms with Gasteiger partial charge in [0.25, 0.3) is 0 Å². The molecular weight excluding hydrogens is 410 g/mol. The molecule has 0 aromatic heterocycles. The minimum atomic E-state index is -1.19. The first-order valence-electron chi connectivity index (χ1n) is 12.4. The zero-order valence-corrected chi connectivity index (χ0v) is 20.1. The monoisotopic (exact) mass is 455 g/mol. The number of hydrogen-bond donors (Lipinski definition) is 2. The van der Waals surface area contributed by atoms with Crippen LogP contribution in [0.3, 0.4) is 0 Å². The van der Waals surface area contributed by atoms with E-state index in [0.717, 1.165) is 25.7 Å². The van der Waals surface area contributed by atoms with Gasteiger partial charge in [0.15, 0.2) is 0 Å². The van der Waals surface area contributed by atoms with Crippen LogP contribution in [0.2, 0.25) is 0 Å². The molecule has 7 nitrogen and oxygen atoms in total. The molecular formula is C25H45NO6. The van der Waals surface area contributed by atoms with Crippen LogP contribution in [0.15, 0.2) is 12.2 Å². The number of carbonyl (C=O) groups excluding carboxylic acids is 1. The average molecular weight is 456 g/mol. The highest BCUT2D eigenvalue weighted by Gasteiger charge is 2.28. The number of aliphatic carboxylic acids is 3. The van der Waals surface area contributed by atoms with Gasteiger partial charge in [-0.05, 0) is 32.1 Å². The van der Waals surface area contributed by atoms with E-state index in [2.05, 4.69) is 19.1 Å². The van der Waals surface area contributed by atoms with Crippen LogP contribution in [-0.2, 0) is 14.4 Å². The quantitative estimate of drug-likeness (QED) is 0.136. The molecule has 0 aromatic rings. The molecule has 0 radical (unpaired) electrons. The van der Waals surface area contributed by atoms with Crippen LogP contribution < -0.4 is 5.11 Å². The highest BCUT2D eigenvalue weighted by Crippen LogP contribution is 2.17. The molecule has 0 amide bonds. The van der Waals surface area contributed by atoms with E-state index in [4.69, 9.17) is 10.2 Å². The van der Waals surface area contributed by atoms with Gasteiger partial charge in [-0.25, -0.2) is 0 Å². The van der Waals surface area contributed by atoms with Crippen molar-refractivity contribution < 1.29 is 34.2 Å². The van der Waals surface area contributed by atoms with E-state index < -0.39 is 17.9 Å². The fourth-order valence-electron chi connectivity index (χ4n) is 3.99. The lowest BCUT2D eigenvalue weighted by Crippen LogP contribution is -2.53. The van der Waals surface area contributed by atoms with Gasteiger partial charge in [0.05, 0.1) is 39.0 Å². The molecule has 0 saturated carbocycles. The summed E-state index contributed by atoms with van der Waals surface area (Å²) in [5.74, 6) is -3.09. The average Bonchev–Trinajstić information content (AvgIpc) is 2.74. The summed E-state index contributed by atoms with van der Waals surface area (Å²) in [7, 11) is 0. The second-order valence-electron chi connectivity index (χ2n) is 8.88. The maximum absolute atomic E-state index is 11.1. The minimum absolute atomic E-state index is 0.0968. The number of unbranched alkanes of at least 4 members (excludes halogenated alkanes) is 10. The van der Waals surface area contributed by atoms with Gasteiger partial charge in [0, 0.05) is 12.4 Å². The molecule has 0 aliphatic carbocycles. The van der Waals surface area contributed by atoms with Gasteiger partial charge in [0.2, 0.25) is 0 Å². The van der Waals surface area contributed by atoms with Gasteiger partial charge in [0.1, 0.15) is 0 Å². The number of carboxylic acids is 3. The minimum Gasteiger partial charge on any atom is -0.550 e. The van der Waals surface area contributed by atoms with Crippen molar-refractivity contribution in [3.63, 3.8) is 0 Å². The molecule has 2 N–H and O–H groups in total. The topological polar surface area (TPSA) is 115 Å². The predicted molar refractivity (Wildman–Crippen MR) is 124 cm³/mol. The maximum Gasteiger partial charge on any atom is 0.309 e. The summed E-state index contributed by atoms with van der Waals surface area (Å²) in [4.78, 5) is 33.1. The Bertz CT molecular complexity index is 501. The SMILES string of the molecule is CCCC/C=C/CCCCCCCCCC[N+](CCC(=O)[O-])(CCC(=O)O)CCC(=O)O. The highest BCUT2D eigenvalue weighted by molar-refractivity contribution is 5.67. The van der Waals surface area contributed by atoms with Gasteiger partial charge >= 0.3 is 11.9 Å². The third-order valence-electron chi connectivity index (χ3n) is 6.03. The van der Waals surface area contributed by atoms with Crippen molar-refractivity contribution in [1.29, 1.82) is 0 Å². The summed E-state index contributed by atoms with van der Waals surface area (Å²) in [6, 6.07) is 0. The Hall–Kier alpha value is -1.89. The highest BCUT2D eigenvalue weighted by atomic mass is 16.4. The third-order valence-corrected chi connectivity index (χ3v) is 6.03. The van der Waals surface area contributed by atoms with E-state index in [0.29, 0.717) is 6.54 Å². The van der Waals surface area contributed by atoms with Crippen molar-refractivity contribution >= 4 is 17.9 Å². The van der Waals surface area contributed by atoms with Gasteiger partial charge < -0.3 is 24.6 Å². The molecule has 0 fully saturated rings. The molecule has 0 aliphatic heterocycles. The molecule has 186 valence electrons. The van der Waals surface area contributed by atoms with Crippen molar-refractivity contribution in [3.05, 3.63) is 12.2 Å². The van der Waals surface area contributed by atoms with Gasteiger partial charge in [-0.15, -0.1) is 0 Å². The van der Waals surface area contributed by atoms with Crippen LogP contribution in [0.5, 0.6) is 0 Å². The number of rotatable bonds is 23. The Balaban J connectivity index is 4.21.